The van der Waals surface area contributed by atoms with Gasteiger partial charge < -0.3 is 15.7 Å². The van der Waals surface area contributed by atoms with Crippen LogP contribution in [0, 0.1) is 17.6 Å². The van der Waals surface area contributed by atoms with E-state index in [4.69, 9.17) is 5.11 Å². The first-order valence-corrected chi connectivity index (χ1v) is 6.70. The molecule has 1 amide bonds. The molecule has 7 heteroatoms. The lowest BCUT2D eigenvalue weighted by atomic mass is 9.94. The molecule has 0 spiro atoms. The van der Waals surface area contributed by atoms with Crippen LogP contribution in [0.1, 0.15) is 29.6 Å². The second-order valence-corrected chi connectivity index (χ2v) is 5.06. The minimum atomic E-state index is -1.51. The molecule has 114 valence electrons. The molecule has 0 atom stereocenters. The Morgan fingerprint density at radius 2 is 1.90 bits per heavy atom. The summed E-state index contributed by atoms with van der Waals surface area (Å²) >= 11 is 0. The molecule has 21 heavy (non-hydrogen) atoms. The molecule has 0 bridgehead atoms. The zero-order chi connectivity index (χ0) is 15.4. The molecule has 0 radical (unpaired) electrons. The van der Waals surface area contributed by atoms with Gasteiger partial charge in [-0.3, -0.25) is 4.79 Å². The van der Waals surface area contributed by atoms with E-state index in [1.165, 1.54) is 0 Å². The van der Waals surface area contributed by atoms with Crippen molar-refractivity contribution in [1.29, 1.82) is 0 Å². The van der Waals surface area contributed by atoms with Gasteiger partial charge in [0, 0.05) is 12.5 Å². The van der Waals surface area contributed by atoms with E-state index >= 15 is 0 Å². The van der Waals surface area contributed by atoms with Crippen LogP contribution in [-0.2, 0) is 4.79 Å². The zero-order valence-corrected chi connectivity index (χ0v) is 11.3. The lowest BCUT2D eigenvalue weighted by Crippen LogP contribution is -2.30. The summed E-state index contributed by atoms with van der Waals surface area (Å²) in [5.74, 6) is -3.86. The van der Waals surface area contributed by atoms with Gasteiger partial charge in [-0.1, -0.05) is 0 Å². The number of rotatable bonds is 4. The number of benzene rings is 1. The lowest BCUT2D eigenvalue weighted by Gasteiger charge is -2.22. The summed E-state index contributed by atoms with van der Waals surface area (Å²) in [7, 11) is 0. The van der Waals surface area contributed by atoms with Crippen molar-refractivity contribution in [3.63, 3.8) is 0 Å². The number of amides is 1. The van der Waals surface area contributed by atoms with Crippen molar-refractivity contribution >= 4 is 17.6 Å². The molecule has 1 aromatic carbocycles. The Morgan fingerprint density at radius 3 is 2.52 bits per heavy atom. The summed E-state index contributed by atoms with van der Waals surface area (Å²) in [4.78, 5) is 22.7. The lowest BCUT2D eigenvalue weighted by molar-refractivity contribution is -0.117. The molecule has 0 unspecified atom stereocenters. The second kappa shape index (κ2) is 6.62. The molecule has 1 heterocycles. The Morgan fingerprint density at radius 1 is 1.24 bits per heavy atom. The highest BCUT2D eigenvalue weighted by molar-refractivity contribution is 5.94. The SMILES string of the molecule is O=C(CC1CCNCC1)Nc1cc(C(=O)O)c(F)cc1F. The number of hydrogen-bond donors (Lipinski definition) is 3. The molecule has 1 aliphatic rings. The molecular formula is C14H16F2N2O3. The first-order valence-electron chi connectivity index (χ1n) is 6.70. The van der Waals surface area contributed by atoms with Gasteiger partial charge in [0.1, 0.15) is 11.6 Å². The average Bonchev–Trinajstić information content (AvgIpc) is 2.42. The van der Waals surface area contributed by atoms with Crippen LogP contribution < -0.4 is 10.6 Å². The van der Waals surface area contributed by atoms with Gasteiger partial charge in [-0.05, 0) is 37.9 Å². The average molecular weight is 298 g/mol. The summed E-state index contributed by atoms with van der Waals surface area (Å²) in [6, 6.07) is 1.26. The van der Waals surface area contributed by atoms with E-state index in [0.29, 0.717) is 6.07 Å². The van der Waals surface area contributed by atoms with Gasteiger partial charge >= 0.3 is 5.97 Å². The molecule has 1 aliphatic heterocycles. The smallest absolute Gasteiger partial charge is 0.338 e. The van der Waals surface area contributed by atoms with Crippen LogP contribution in [0.4, 0.5) is 14.5 Å². The maximum atomic E-state index is 13.6. The van der Waals surface area contributed by atoms with Crippen molar-refractivity contribution < 1.29 is 23.5 Å². The van der Waals surface area contributed by atoms with Gasteiger partial charge in [0.2, 0.25) is 5.91 Å². The van der Waals surface area contributed by atoms with Crippen LogP contribution in [0.2, 0.25) is 0 Å². The first kappa shape index (κ1) is 15.4. The summed E-state index contributed by atoms with van der Waals surface area (Å²) in [6.07, 6.45) is 1.96. The minimum absolute atomic E-state index is 0.216. The highest BCUT2D eigenvalue weighted by Gasteiger charge is 2.19. The maximum Gasteiger partial charge on any atom is 0.338 e. The van der Waals surface area contributed by atoms with Gasteiger partial charge in [0.15, 0.2) is 0 Å². The Bertz CT molecular complexity index is 557. The van der Waals surface area contributed by atoms with Gasteiger partial charge in [0.05, 0.1) is 11.3 Å². The molecular weight excluding hydrogens is 282 g/mol. The Balaban J connectivity index is 2.06. The molecule has 5 nitrogen and oxygen atoms in total. The second-order valence-electron chi connectivity index (χ2n) is 5.06. The van der Waals surface area contributed by atoms with Gasteiger partial charge in [-0.25, -0.2) is 13.6 Å². The molecule has 0 aromatic heterocycles. The van der Waals surface area contributed by atoms with Crippen molar-refractivity contribution in [3.05, 3.63) is 29.3 Å². The van der Waals surface area contributed by atoms with Crippen LogP contribution in [0.3, 0.4) is 0 Å². The third-order valence-corrected chi connectivity index (χ3v) is 3.49. The monoisotopic (exact) mass is 298 g/mol. The van der Waals surface area contributed by atoms with Crippen LogP contribution in [0.15, 0.2) is 12.1 Å². The number of carbonyl (C=O) groups is 2. The van der Waals surface area contributed by atoms with Crippen LogP contribution in [0.25, 0.3) is 0 Å². The van der Waals surface area contributed by atoms with E-state index in [1.54, 1.807) is 0 Å². The standard InChI is InChI=1S/C14H16F2N2O3/c15-10-7-11(16)12(6-9(10)14(20)21)18-13(19)5-8-1-3-17-4-2-8/h6-8,17H,1-5H2,(H,18,19)(H,20,21). The van der Waals surface area contributed by atoms with E-state index < -0.39 is 29.1 Å². The van der Waals surface area contributed by atoms with Crippen molar-refractivity contribution in [1.82, 2.24) is 5.32 Å². The number of carboxylic acid groups (broad SMARTS) is 1. The van der Waals surface area contributed by atoms with E-state index in [-0.39, 0.29) is 18.0 Å². The van der Waals surface area contributed by atoms with E-state index in [0.717, 1.165) is 32.0 Å². The van der Waals surface area contributed by atoms with Crippen LogP contribution in [-0.4, -0.2) is 30.1 Å². The van der Waals surface area contributed by atoms with Gasteiger partial charge in [-0.15, -0.1) is 0 Å². The van der Waals surface area contributed by atoms with Crippen LogP contribution >= 0.6 is 0 Å². The number of carboxylic acids is 1. The number of halogens is 2. The van der Waals surface area contributed by atoms with E-state index in [2.05, 4.69) is 10.6 Å². The molecule has 0 aliphatic carbocycles. The fraction of sp³-hybridized carbons (Fsp3) is 0.429. The highest BCUT2D eigenvalue weighted by atomic mass is 19.1. The molecule has 0 saturated carbocycles. The normalized spacial score (nSPS) is 15.7. The predicted octanol–water partition coefficient (Wildman–Crippen LogP) is 1.99. The topological polar surface area (TPSA) is 78.4 Å². The number of nitrogens with one attached hydrogen (secondary N) is 2. The highest BCUT2D eigenvalue weighted by Crippen LogP contribution is 2.21. The third-order valence-electron chi connectivity index (χ3n) is 3.49. The Labute approximate surface area is 120 Å². The summed E-state index contributed by atoms with van der Waals surface area (Å²) in [5, 5.41) is 14.3. The number of anilines is 1. The minimum Gasteiger partial charge on any atom is -0.478 e. The number of aromatic carboxylic acids is 1. The quantitative estimate of drug-likeness (QED) is 0.794. The number of piperidine rings is 1. The molecule has 1 saturated heterocycles. The van der Waals surface area contributed by atoms with E-state index in [9.17, 15) is 18.4 Å². The first-order chi connectivity index (χ1) is 9.97. The fourth-order valence-corrected chi connectivity index (χ4v) is 2.36. The number of hydrogen-bond acceptors (Lipinski definition) is 3. The fourth-order valence-electron chi connectivity index (χ4n) is 2.36. The van der Waals surface area contributed by atoms with Crippen molar-refractivity contribution in [3.8, 4) is 0 Å². The zero-order valence-electron chi connectivity index (χ0n) is 11.3. The Kier molecular flexibility index (Phi) is 4.85. The molecule has 2 rings (SSSR count). The molecule has 1 aromatic rings. The molecule has 3 N–H and O–H groups in total. The predicted molar refractivity (Wildman–Crippen MR) is 72.2 cm³/mol. The molecule has 1 fully saturated rings. The van der Waals surface area contributed by atoms with Crippen molar-refractivity contribution in [2.45, 2.75) is 19.3 Å². The van der Waals surface area contributed by atoms with E-state index in [1.807, 2.05) is 0 Å². The summed E-state index contributed by atoms with van der Waals surface area (Å²) in [6.45, 7) is 1.68. The van der Waals surface area contributed by atoms with Gasteiger partial charge in [-0.2, -0.15) is 0 Å². The van der Waals surface area contributed by atoms with Gasteiger partial charge in [0.25, 0.3) is 0 Å². The Hall–Kier alpha value is -2.02. The van der Waals surface area contributed by atoms with Crippen LogP contribution in [0.5, 0.6) is 0 Å². The number of carbonyl (C=O) groups excluding carboxylic acids is 1. The summed E-state index contributed by atoms with van der Waals surface area (Å²) < 4.78 is 26.8. The third kappa shape index (κ3) is 3.98. The summed E-state index contributed by atoms with van der Waals surface area (Å²) in [5.41, 5.74) is -0.985. The largest absolute Gasteiger partial charge is 0.478 e. The maximum absolute atomic E-state index is 13.6. The van der Waals surface area contributed by atoms with Crippen molar-refractivity contribution in [2.75, 3.05) is 18.4 Å². The van der Waals surface area contributed by atoms with Crippen molar-refractivity contribution in [2.24, 2.45) is 5.92 Å².